The van der Waals surface area contributed by atoms with E-state index in [9.17, 15) is 14.7 Å². The zero-order chi connectivity index (χ0) is 21.7. The van der Waals surface area contributed by atoms with E-state index in [0.717, 1.165) is 38.3 Å². The molecule has 0 spiro atoms. The van der Waals surface area contributed by atoms with Crippen molar-refractivity contribution in [2.45, 2.75) is 18.9 Å². The van der Waals surface area contributed by atoms with Gasteiger partial charge in [-0.1, -0.05) is 5.16 Å². The maximum atomic E-state index is 11.4. The molecule has 2 aliphatic heterocycles. The SMILES string of the molecule is NC(=NO)c1ccc(N2CCN(C3CCN(CC(=O)O)CC3CC(=O)O)CC2)cc1. The molecule has 0 amide bonds. The quantitative estimate of drug-likeness (QED) is 0.210. The molecule has 5 N–H and O–H groups in total. The van der Waals surface area contributed by atoms with Crippen molar-refractivity contribution in [2.75, 3.05) is 50.7 Å². The van der Waals surface area contributed by atoms with Gasteiger partial charge in [0.25, 0.3) is 0 Å². The summed E-state index contributed by atoms with van der Waals surface area (Å²) < 4.78 is 0. The van der Waals surface area contributed by atoms with Gasteiger partial charge >= 0.3 is 11.9 Å². The predicted molar refractivity (Wildman–Crippen MR) is 111 cm³/mol. The first-order valence-electron chi connectivity index (χ1n) is 10.1. The number of likely N-dealkylation sites (tertiary alicyclic amines) is 1. The van der Waals surface area contributed by atoms with Crippen molar-refractivity contribution in [1.82, 2.24) is 9.80 Å². The predicted octanol–water partition coefficient (Wildman–Crippen LogP) is 0.153. The lowest BCUT2D eigenvalue weighted by atomic mass is 9.87. The Labute approximate surface area is 175 Å². The van der Waals surface area contributed by atoms with Crippen LogP contribution in [0, 0.1) is 5.92 Å². The van der Waals surface area contributed by atoms with E-state index in [2.05, 4.69) is 15.0 Å². The average molecular weight is 419 g/mol. The molecule has 2 heterocycles. The van der Waals surface area contributed by atoms with Gasteiger partial charge in [0.15, 0.2) is 5.84 Å². The van der Waals surface area contributed by atoms with Gasteiger partial charge < -0.3 is 26.1 Å². The minimum absolute atomic E-state index is 0.0435. The molecular weight excluding hydrogens is 390 g/mol. The van der Waals surface area contributed by atoms with Crippen LogP contribution in [-0.2, 0) is 9.59 Å². The van der Waals surface area contributed by atoms with Crippen LogP contribution in [0.15, 0.2) is 29.4 Å². The molecular formula is C20H29N5O5. The number of rotatable bonds is 7. The van der Waals surface area contributed by atoms with Crippen molar-refractivity contribution in [3.63, 3.8) is 0 Å². The third-order valence-corrected chi connectivity index (χ3v) is 5.99. The maximum absolute atomic E-state index is 11.4. The number of benzene rings is 1. The molecule has 0 bridgehead atoms. The average Bonchev–Trinajstić information content (AvgIpc) is 2.73. The summed E-state index contributed by atoms with van der Waals surface area (Å²) >= 11 is 0. The first-order chi connectivity index (χ1) is 14.4. The Morgan fingerprint density at radius 3 is 2.27 bits per heavy atom. The summed E-state index contributed by atoms with van der Waals surface area (Å²) in [4.78, 5) is 28.8. The number of oxime groups is 1. The lowest BCUT2D eigenvalue weighted by Crippen LogP contribution is -2.57. The fourth-order valence-electron chi connectivity index (χ4n) is 4.55. The lowest BCUT2D eigenvalue weighted by Gasteiger charge is -2.46. The summed E-state index contributed by atoms with van der Waals surface area (Å²) in [6.45, 7) is 4.40. The third-order valence-electron chi connectivity index (χ3n) is 5.99. The van der Waals surface area contributed by atoms with Crippen molar-refractivity contribution in [2.24, 2.45) is 16.8 Å². The number of hydrogen-bond donors (Lipinski definition) is 4. The Kier molecular flexibility index (Phi) is 7.11. The maximum Gasteiger partial charge on any atom is 0.317 e. The van der Waals surface area contributed by atoms with E-state index >= 15 is 0 Å². The molecule has 30 heavy (non-hydrogen) atoms. The number of anilines is 1. The highest BCUT2D eigenvalue weighted by Crippen LogP contribution is 2.27. The van der Waals surface area contributed by atoms with Crippen LogP contribution >= 0.6 is 0 Å². The molecule has 0 saturated carbocycles. The first kappa shape index (κ1) is 21.8. The summed E-state index contributed by atoms with van der Waals surface area (Å²) in [5.41, 5.74) is 7.32. The molecule has 2 saturated heterocycles. The van der Waals surface area contributed by atoms with Crippen LogP contribution in [0.25, 0.3) is 0 Å². The summed E-state index contributed by atoms with van der Waals surface area (Å²) in [5.74, 6) is -1.73. The standard InChI is InChI=1S/C20H29N5O5/c21-20(22-30)14-1-3-16(4-2-14)24-7-9-25(10-8-24)17-5-6-23(13-19(28)29)12-15(17)11-18(26)27/h1-4,15,17,30H,5-13H2,(H2,21,22)(H,26,27)(H,28,29). The monoisotopic (exact) mass is 419 g/mol. The smallest absolute Gasteiger partial charge is 0.317 e. The Morgan fingerprint density at radius 2 is 1.70 bits per heavy atom. The van der Waals surface area contributed by atoms with Crippen LogP contribution in [0.2, 0.25) is 0 Å². The summed E-state index contributed by atoms with van der Waals surface area (Å²) in [7, 11) is 0. The fraction of sp³-hybridized carbons (Fsp3) is 0.550. The minimum atomic E-state index is -0.880. The number of carbonyl (C=O) groups is 2. The number of hydrogen-bond acceptors (Lipinski definition) is 7. The van der Waals surface area contributed by atoms with Crippen molar-refractivity contribution >= 4 is 23.5 Å². The summed E-state index contributed by atoms with van der Waals surface area (Å²) in [6.07, 6.45) is 0.829. The molecule has 0 aromatic heterocycles. The van der Waals surface area contributed by atoms with Gasteiger partial charge in [-0.15, -0.1) is 0 Å². The van der Waals surface area contributed by atoms with Crippen LogP contribution < -0.4 is 10.6 Å². The zero-order valence-electron chi connectivity index (χ0n) is 16.9. The molecule has 0 aliphatic carbocycles. The van der Waals surface area contributed by atoms with E-state index in [1.54, 1.807) is 0 Å². The molecule has 2 fully saturated rings. The van der Waals surface area contributed by atoms with E-state index in [1.165, 1.54) is 0 Å². The molecule has 10 heteroatoms. The number of nitrogens with two attached hydrogens (primary N) is 1. The van der Waals surface area contributed by atoms with Crippen LogP contribution in [0.1, 0.15) is 18.4 Å². The number of aliphatic carboxylic acids is 2. The summed E-state index contributed by atoms with van der Waals surface area (Å²) in [6, 6.07) is 7.67. The van der Waals surface area contributed by atoms with Crippen molar-refractivity contribution in [3.05, 3.63) is 29.8 Å². The second-order valence-corrected chi connectivity index (χ2v) is 7.90. The van der Waals surface area contributed by atoms with Crippen LogP contribution in [0.5, 0.6) is 0 Å². The Balaban J connectivity index is 1.60. The van der Waals surface area contributed by atoms with Gasteiger partial charge in [-0.05, 0) is 36.6 Å². The van der Waals surface area contributed by atoms with Gasteiger partial charge in [-0.2, -0.15) is 0 Å². The molecule has 3 rings (SSSR count). The Hall–Kier alpha value is -2.85. The summed E-state index contributed by atoms with van der Waals surface area (Å²) in [5, 5.41) is 30.2. The van der Waals surface area contributed by atoms with Crippen molar-refractivity contribution in [3.8, 4) is 0 Å². The van der Waals surface area contributed by atoms with Gasteiger partial charge in [0.1, 0.15) is 0 Å². The molecule has 2 unspecified atom stereocenters. The van der Waals surface area contributed by atoms with Crippen molar-refractivity contribution in [1.29, 1.82) is 0 Å². The van der Waals surface area contributed by atoms with Crippen molar-refractivity contribution < 1.29 is 25.0 Å². The van der Waals surface area contributed by atoms with E-state index in [4.69, 9.17) is 16.0 Å². The van der Waals surface area contributed by atoms with E-state index in [1.807, 2.05) is 29.2 Å². The highest BCUT2D eigenvalue weighted by atomic mass is 16.4. The topological polar surface area (TPSA) is 143 Å². The molecule has 1 aromatic rings. The molecule has 0 radical (unpaired) electrons. The molecule has 10 nitrogen and oxygen atoms in total. The minimum Gasteiger partial charge on any atom is -0.481 e. The molecule has 2 atom stereocenters. The second-order valence-electron chi connectivity index (χ2n) is 7.90. The van der Waals surface area contributed by atoms with Gasteiger partial charge in [0, 0.05) is 56.6 Å². The van der Waals surface area contributed by atoms with Gasteiger partial charge in [0.05, 0.1) is 13.0 Å². The third kappa shape index (κ3) is 5.39. The number of piperidine rings is 1. The van der Waals surface area contributed by atoms with E-state index < -0.39 is 11.9 Å². The van der Waals surface area contributed by atoms with Gasteiger partial charge in [0.2, 0.25) is 0 Å². The number of carboxylic acids is 2. The fourth-order valence-corrected chi connectivity index (χ4v) is 4.55. The normalized spacial score (nSPS) is 24.0. The van der Waals surface area contributed by atoms with E-state index in [0.29, 0.717) is 18.7 Å². The number of piperazine rings is 1. The highest BCUT2D eigenvalue weighted by Gasteiger charge is 2.36. The molecule has 164 valence electrons. The number of nitrogens with zero attached hydrogens (tertiary/aromatic N) is 4. The van der Waals surface area contributed by atoms with Crippen LogP contribution in [0.3, 0.4) is 0 Å². The molecule has 2 aliphatic rings. The Morgan fingerprint density at radius 1 is 1.03 bits per heavy atom. The van der Waals surface area contributed by atoms with Gasteiger partial charge in [-0.3, -0.25) is 19.4 Å². The number of carboxylic acid groups (broad SMARTS) is 2. The van der Waals surface area contributed by atoms with Crippen LogP contribution in [0.4, 0.5) is 5.69 Å². The zero-order valence-corrected chi connectivity index (χ0v) is 16.9. The molecule has 1 aromatic carbocycles. The first-order valence-corrected chi connectivity index (χ1v) is 10.1. The highest BCUT2D eigenvalue weighted by molar-refractivity contribution is 5.97. The van der Waals surface area contributed by atoms with Crippen LogP contribution in [-0.4, -0.2) is 94.8 Å². The number of amidine groups is 1. The van der Waals surface area contributed by atoms with E-state index in [-0.39, 0.29) is 30.8 Å². The lowest BCUT2D eigenvalue weighted by molar-refractivity contribution is -0.140. The second kappa shape index (κ2) is 9.77. The largest absolute Gasteiger partial charge is 0.481 e. The Bertz CT molecular complexity index is 776. The van der Waals surface area contributed by atoms with Gasteiger partial charge in [-0.25, -0.2) is 0 Å².